The van der Waals surface area contributed by atoms with E-state index in [1.165, 1.54) is 16.0 Å². The van der Waals surface area contributed by atoms with Crippen LogP contribution in [0.1, 0.15) is 17.1 Å². The normalized spacial score (nSPS) is 11.2. The van der Waals surface area contributed by atoms with Crippen molar-refractivity contribution >= 4 is 27.4 Å². The third kappa shape index (κ3) is 3.99. The highest BCUT2D eigenvalue weighted by molar-refractivity contribution is 7.19. The molecule has 0 unspecified atom stereocenters. The fourth-order valence-electron chi connectivity index (χ4n) is 3.89. The first-order valence-electron chi connectivity index (χ1n) is 10.7. The molecule has 0 fully saturated rings. The van der Waals surface area contributed by atoms with E-state index >= 15 is 0 Å². The maximum atomic E-state index is 4.92. The van der Waals surface area contributed by atoms with Crippen LogP contribution in [0.3, 0.4) is 0 Å². The molecule has 0 radical (unpaired) electrons. The van der Waals surface area contributed by atoms with Gasteiger partial charge in [-0.25, -0.2) is 15.0 Å². The zero-order chi connectivity index (χ0) is 21.9. The minimum absolute atomic E-state index is 0.644. The fourth-order valence-corrected chi connectivity index (χ4v) is 4.94. The van der Waals surface area contributed by atoms with Gasteiger partial charge in [0.2, 0.25) is 0 Å². The van der Waals surface area contributed by atoms with Gasteiger partial charge in [0.1, 0.15) is 22.2 Å². The zero-order valence-electron chi connectivity index (χ0n) is 18.1. The predicted molar refractivity (Wildman–Crippen MR) is 131 cm³/mol. The Morgan fingerprint density at radius 2 is 1.81 bits per heavy atom. The first-order valence-corrected chi connectivity index (χ1v) is 11.5. The molecule has 0 atom stereocenters. The van der Waals surface area contributed by atoms with Crippen LogP contribution < -0.4 is 5.32 Å². The van der Waals surface area contributed by atoms with Gasteiger partial charge in [-0.15, -0.1) is 11.3 Å². The number of pyridine rings is 1. The summed E-state index contributed by atoms with van der Waals surface area (Å²) in [7, 11) is 2.03. The molecule has 0 saturated heterocycles. The van der Waals surface area contributed by atoms with Gasteiger partial charge in [-0.1, -0.05) is 36.4 Å². The van der Waals surface area contributed by atoms with Crippen LogP contribution in [0.5, 0.6) is 0 Å². The molecule has 0 bridgehead atoms. The van der Waals surface area contributed by atoms with Crippen LogP contribution in [-0.4, -0.2) is 31.0 Å². The summed E-state index contributed by atoms with van der Waals surface area (Å²) in [6.07, 6.45) is 7.47. The number of thiophene rings is 1. The number of hydrogen-bond donors (Lipinski definition) is 1. The van der Waals surface area contributed by atoms with E-state index in [1.807, 2.05) is 43.7 Å². The van der Waals surface area contributed by atoms with Crippen molar-refractivity contribution in [2.24, 2.45) is 7.05 Å². The van der Waals surface area contributed by atoms with E-state index in [-0.39, 0.29) is 0 Å². The summed E-state index contributed by atoms with van der Waals surface area (Å²) in [5.74, 6) is 2.59. The fraction of sp³-hybridized carbons (Fsp3) is 0.200. The summed E-state index contributed by atoms with van der Waals surface area (Å²) >= 11 is 1.70. The molecule has 1 N–H and O–H groups in total. The van der Waals surface area contributed by atoms with Gasteiger partial charge in [0.05, 0.1) is 5.39 Å². The van der Waals surface area contributed by atoms with Crippen LogP contribution in [0.4, 0.5) is 5.82 Å². The van der Waals surface area contributed by atoms with E-state index in [0.29, 0.717) is 5.82 Å². The molecule has 1 aromatic carbocycles. The van der Waals surface area contributed by atoms with Crippen LogP contribution in [0.15, 0.2) is 67.1 Å². The second-order valence-electron chi connectivity index (χ2n) is 7.67. The Bertz CT molecular complexity index is 1340. The summed E-state index contributed by atoms with van der Waals surface area (Å²) in [5, 5.41) is 4.67. The first kappa shape index (κ1) is 20.3. The van der Waals surface area contributed by atoms with Crippen molar-refractivity contribution in [2.75, 3.05) is 11.9 Å². The van der Waals surface area contributed by atoms with Crippen molar-refractivity contribution in [3.05, 3.63) is 77.8 Å². The second-order valence-corrected chi connectivity index (χ2v) is 8.88. The summed E-state index contributed by atoms with van der Waals surface area (Å²) in [4.78, 5) is 20.9. The highest BCUT2D eigenvalue weighted by atomic mass is 32.1. The second kappa shape index (κ2) is 8.88. The molecule has 0 saturated carbocycles. The molecule has 160 valence electrons. The predicted octanol–water partition coefficient (Wildman–Crippen LogP) is 5.51. The smallest absolute Gasteiger partial charge is 0.181 e. The van der Waals surface area contributed by atoms with Gasteiger partial charge >= 0.3 is 0 Å². The zero-order valence-corrected chi connectivity index (χ0v) is 18.9. The lowest BCUT2D eigenvalue weighted by atomic mass is 10.0. The van der Waals surface area contributed by atoms with Crippen molar-refractivity contribution in [3.63, 3.8) is 0 Å². The number of aromatic nitrogens is 5. The summed E-state index contributed by atoms with van der Waals surface area (Å²) < 4.78 is 2.07. The Labute approximate surface area is 191 Å². The Balaban J connectivity index is 1.53. The molecule has 0 aliphatic carbocycles. The highest BCUT2D eigenvalue weighted by Crippen LogP contribution is 2.41. The van der Waals surface area contributed by atoms with E-state index in [1.54, 1.807) is 17.5 Å². The summed E-state index contributed by atoms with van der Waals surface area (Å²) in [6.45, 7) is 2.95. The van der Waals surface area contributed by atoms with Gasteiger partial charge in [0.15, 0.2) is 5.82 Å². The number of anilines is 1. The number of aryl methyl sites for hydroxylation is 3. The molecule has 0 spiro atoms. The lowest BCUT2D eigenvalue weighted by Gasteiger charge is -2.11. The molecule has 5 aromatic rings. The Kier molecular flexibility index (Phi) is 5.64. The van der Waals surface area contributed by atoms with Crippen molar-refractivity contribution in [1.29, 1.82) is 0 Å². The SMILES string of the molecule is Cc1sc2nc(-c3ccccn3)nc(NCCCc3nccn3C)c2c1-c1ccccc1. The third-order valence-electron chi connectivity index (χ3n) is 5.47. The van der Waals surface area contributed by atoms with Gasteiger partial charge in [0.25, 0.3) is 0 Å². The molecule has 0 aliphatic heterocycles. The van der Waals surface area contributed by atoms with Crippen molar-refractivity contribution < 1.29 is 0 Å². The molecule has 0 amide bonds. The topological polar surface area (TPSA) is 68.5 Å². The monoisotopic (exact) mass is 440 g/mol. The van der Waals surface area contributed by atoms with Crippen molar-refractivity contribution in [1.82, 2.24) is 24.5 Å². The highest BCUT2D eigenvalue weighted by Gasteiger charge is 2.19. The average Bonchev–Trinajstić information content (AvgIpc) is 3.39. The largest absolute Gasteiger partial charge is 0.369 e. The maximum absolute atomic E-state index is 4.92. The lowest BCUT2D eigenvalue weighted by Crippen LogP contribution is -2.08. The lowest BCUT2D eigenvalue weighted by molar-refractivity contribution is 0.741. The van der Waals surface area contributed by atoms with E-state index in [2.05, 4.69) is 51.0 Å². The van der Waals surface area contributed by atoms with Crippen LogP contribution in [-0.2, 0) is 13.5 Å². The molecular weight excluding hydrogens is 416 g/mol. The third-order valence-corrected chi connectivity index (χ3v) is 6.47. The molecule has 32 heavy (non-hydrogen) atoms. The molecule has 0 aliphatic rings. The summed E-state index contributed by atoms with van der Waals surface area (Å²) in [5.41, 5.74) is 3.16. The minimum Gasteiger partial charge on any atom is -0.369 e. The molecular formula is C25H24N6S. The molecule has 5 rings (SSSR count). The maximum Gasteiger partial charge on any atom is 0.181 e. The number of nitrogens with one attached hydrogen (secondary N) is 1. The Hall–Kier alpha value is -3.58. The van der Waals surface area contributed by atoms with Crippen LogP contribution in [0.25, 0.3) is 32.9 Å². The van der Waals surface area contributed by atoms with Gasteiger partial charge in [-0.3, -0.25) is 4.98 Å². The van der Waals surface area contributed by atoms with E-state index in [4.69, 9.17) is 9.97 Å². The number of rotatable bonds is 7. The van der Waals surface area contributed by atoms with Crippen molar-refractivity contribution in [2.45, 2.75) is 19.8 Å². The number of fused-ring (bicyclic) bond motifs is 1. The molecule has 6 nitrogen and oxygen atoms in total. The first-order chi connectivity index (χ1) is 15.7. The standard InChI is InChI=1S/C25H24N6S/c1-17-21(18-9-4-3-5-10-18)22-24(28-14-8-12-20-27-15-16-31(20)2)29-23(30-25(22)32-17)19-11-6-7-13-26-19/h3-7,9-11,13,15-16H,8,12,14H2,1-2H3,(H,28,29,30). The molecule has 7 heteroatoms. The van der Waals surface area contributed by atoms with E-state index < -0.39 is 0 Å². The number of imidazole rings is 1. The Morgan fingerprint density at radius 3 is 2.56 bits per heavy atom. The van der Waals surface area contributed by atoms with Crippen LogP contribution in [0, 0.1) is 6.92 Å². The van der Waals surface area contributed by atoms with Crippen LogP contribution in [0.2, 0.25) is 0 Å². The van der Waals surface area contributed by atoms with E-state index in [0.717, 1.165) is 46.9 Å². The van der Waals surface area contributed by atoms with Crippen LogP contribution >= 0.6 is 11.3 Å². The van der Waals surface area contributed by atoms with E-state index in [9.17, 15) is 0 Å². The quantitative estimate of drug-likeness (QED) is 0.338. The van der Waals surface area contributed by atoms with Gasteiger partial charge in [-0.2, -0.15) is 0 Å². The number of nitrogens with zero attached hydrogens (tertiary/aromatic N) is 5. The average molecular weight is 441 g/mol. The summed E-state index contributed by atoms with van der Waals surface area (Å²) in [6, 6.07) is 16.3. The molecule has 4 heterocycles. The molecule has 4 aromatic heterocycles. The number of hydrogen-bond acceptors (Lipinski definition) is 6. The Morgan fingerprint density at radius 1 is 0.969 bits per heavy atom. The van der Waals surface area contributed by atoms with Gasteiger partial charge in [-0.05, 0) is 31.0 Å². The van der Waals surface area contributed by atoms with Crippen molar-refractivity contribution in [3.8, 4) is 22.6 Å². The van der Waals surface area contributed by atoms with Gasteiger partial charge in [0, 0.05) is 49.0 Å². The van der Waals surface area contributed by atoms with Gasteiger partial charge < -0.3 is 9.88 Å². The minimum atomic E-state index is 0.644. The number of benzene rings is 1.